The number of sulfonamides is 1. The fraction of sp³-hybridized carbons (Fsp3) is 1.00. The first-order valence-electron chi connectivity index (χ1n) is 5.95. The van der Waals surface area contributed by atoms with Crippen LogP contribution in [0.3, 0.4) is 0 Å². The van der Waals surface area contributed by atoms with Crippen molar-refractivity contribution in [3.8, 4) is 0 Å². The quantitative estimate of drug-likeness (QED) is 0.750. The van der Waals surface area contributed by atoms with Gasteiger partial charge in [0.1, 0.15) is 4.58 Å². The van der Waals surface area contributed by atoms with Crippen molar-refractivity contribution < 1.29 is 8.42 Å². The van der Waals surface area contributed by atoms with E-state index < -0.39 is 14.6 Å². The maximum Gasteiger partial charge on any atom is 0.226 e. The van der Waals surface area contributed by atoms with Crippen LogP contribution in [0.25, 0.3) is 0 Å². The fourth-order valence-electron chi connectivity index (χ4n) is 2.24. The molecule has 3 nitrogen and oxygen atoms in total. The molecule has 0 spiro atoms. The molecule has 0 aromatic rings. The topological polar surface area (TPSA) is 37.4 Å². The average Bonchev–Trinajstić information content (AvgIpc) is 2.86. The molecule has 1 fully saturated rings. The lowest BCUT2D eigenvalue weighted by Crippen LogP contribution is -2.50. The molecule has 0 aromatic heterocycles. The lowest BCUT2D eigenvalue weighted by molar-refractivity contribution is 0.203. The van der Waals surface area contributed by atoms with Gasteiger partial charge in [-0.3, -0.25) is 0 Å². The maximum absolute atomic E-state index is 12.3. The first-order chi connectivity index (χ1) is 7.23. The van der Waals surface area contributed by atoms with Gasteiger partial charge in [-0.05, 0) is 40.0 Å². The van der Waals surface area contributed by atoms with E-state index in [9.17, 15) is 8.42 Å². The number of rotatable bonds is 6. The van der Waals surface area contributed by atoms with Gasteiger partial charge in [-0.1, -0.05) is 13.3 Å². The van der Waals surface area contributed by atoms with Gasteiger partial charge in [0, 0.05) is 11.6 Å². The molecule has 0 N–H and O–H groups in total. The Kier molecular flexibility index (Phi) is 4.35. The van der Waals surface area contributed by atoms with Gasteiger partial charge in [-0.15, -0.1) is 0 Å². The second-order valence-corrected chi connectivity index (χ2v) is 8.49. The lowest BCUT2D eigenvalue weighted by atomic mass is 9.99. The standard InChI is InChI=1S/C11H23NO2S2/c1-5-8-11(3,4)12(10-6-7-10)16(13,14)9(2)15/h9-10,15H,5-8H2,1-4H3. The molecular formula is C11H23NO2S2. The highest BCUT2D eigenvalue weighted by molar-refractivity contribution is 8.03. The van der Waals surface area contributed by atoms with Gasteiger partial charge >= 0.3 is 0 Å². The van der Waals surface area contributed by atoms with Crippen molar-refractivity contribution in [2.45, 2.75) is 69.5 Å². The summed E-state index contributed by atoms with van der Waals surface area (Å²) in [4.78, 5) is 0. The van der Waals surface area contributed by atoms with Crippen LogP contribution in [-0.4, -0.2) is 28.9 Å². The summed E-state index contributed by atoms with van der Waals surface area (Å²) in [5.74, 6) is 0. The van der Waals surface area contributed by atoms with Gasteiger partial charge in [-0.25, -0.2) is 8.42 Å². The molecule has 0 saturated heterocycles. The van der Waals surface area contributed by atoms with Gasteiger partial charge < -0.3 is 0 Å². The summed E-state index contributed by atoms with van der Waals surface area (Å²) < 4.78 is 25.7. The minimum Gasteiger partial charge on any atom is -0.211 e. The van der Waals surface area contributed by atoms with E-state index >= 15 is 0 Å². The SMILES string of the molecule is CCCC(C)(C)N(C1CC1)S(=O)(=O)C(C)S. The maximum atomic E-state index is 12.3. The van der Waals surface area contributed by atoms with E-state index in [0.29, 0.717) is 0 Å². The molecule has 0 aliphatic heterocycles. The molecule has 16 heavy (non-hydrogen) atoms. The zero-order chi connectivity index (χ0) is 12.6. The van der Waals surface area contributed by atoms with Crippen molar-refractivity contribution in [1.29, 1.82) is 0 Å². The van der Waals surface area contributed by atoms with E-state index in [1.165, 1.54) is 0 Å². The molecule has 0 amide bonds. The Bertz CT molecular complexity index is 332. The van der Waals surface area contributed by atoms with E-state index in [-0.39, 0.29) is 11.6 Å². The summed E-state index contributed by atoms with van der Waals surface area (Å²) in [6.07, 6.45) is 3.87. The van der Waals surface area contributed by atoms with Crippen LogP contribution in [0.4, 0.5) is 0 Å². The molecule has 0 heterocycles. The highest BCUT2D eigenvalue weighted by Gasteiger charge is 2.46. The van der Waals surface area contributed by atoms with E-state index in [1.807, 2.05) is 13.8 Å². The van der Waals surface area contributed by atoms with Crippen molar-refractivity contribution in [3.63, 3.8) is 0 Å². The van der Waals surface area contributed by atoms with E-state index in [0.717, 1.165) is 25.7 Å². The monoisotopic (exact) mass is 265 g/mol. The molecule has 1 unspecified atom stereocenters. The fourth-order valence-corrected chi connectivity index (χ4v) is 4.28. The normalized spacial score (nSPS) is 20.1. The number of hydrogen-bond donors (Lipinski definition) is 1. The number of hydrogen-bond acceptors (Lipinski definition) is 3. The van der Waals surface area contributed by atoms with Gasteiger partial charge in [0.2, 0.25) is 10.0 Å². The summed E-state index contributed by atoms with van der Waals surface area (Å²) in [6.45, 7) is 7.75. The molecule has 96 valence electrons. The Labute approximate surface area is 105 Å². The van der Waals surface area contributed by atoms with Gasteiger partial charge in [-0.2, -0.15) is 16.9 Å². The third-order valence-corrected chi connectivity index (χ3v) is 6.04. The van der Waals surface area contributed by atoms with Crippen LogP contribution >= 0.6 is 12.6 Å². The molecule has 1 aliphatic rings. The molecule has 1 saturated carbocycles. The average molecular weight is 265 g/mol. The van der Waals surface area contributed by atoms with Crippen molar-refractivity contribution >= 4 is 22.7 Å². The Morgan fingerprint density at radius 3 is 2.25 bits per heavy atom. The van der Waals surface area contributed by atoms with Crippen molar-refractivity contribution in [1.82, 2.24) is 4.31 Å². The molecule has 1 atom stereocenters. The molecule has 0 aromatic carbocycles. The molecule has 1 rings (SSSR count). The predicted molar refractivity (Wildman–Crippen MR) is 71.2 cm³/mol. The van der Waals surface area contributed by atoms with E-state index in [4.69, 9.17) is 0 Å². The van der Waals surface area contributed by atoms with Gasteiger partial charge in [0.25, 0.3) is 0 Å². The van der Waals surface area contributed by atoms with Crippen LogP contribution in [-0.2, 0) is 10.0 Å². The van der Waals surface area contributed by atoms with Crippen LogP contribution in [0.5, 0.6) is 0 Å². The summed E-state index contributed by atoms with van der Waals surface area (Å²) in [5.41, 5.74) is -0.286. The van der Waals surface area contributed by atoms with Crippen molar-refractivity contribution in [2.24, 2.45) is 0 Å². The largest absolute Gasteiger partial charge is 0.226 e. The van der Waals surface area contributed by atoms with E-state index in [2.05, 4.69) is 19.6 Å². The van der Waals surface area contributed by atoms with Crippen LogP contribution in [0.15, 0.2) is 0 Å². The number of nitrogens with zero attached hydrogens (tertiary/aromatic N) is 1. The van der Waals surface area contributed by atoms with Crippen molar-refractivity contribution in [2.75, 3.05) is 0 Å². The van der Waals surface area contributed by atoms with Crippen molar-refractivity contribution in [3.05, 3.63) is 0 Å². The highest BCUT2D eigenvalue weighted by Crippen LogP contribution is 2.38. The van der Waals surface area contributed by atoms with Crippen LogP contribution < -0.4 is 0 Å². The second kappa shape index (κ2) is 4.86. The summed E-state index contributed by atoms with van der Waals surface area (Å²) in [5, 5.41) is 0. The highest BCUT2D eigenvalue weighted by atomic mass is 32.3. The molecule has 0 radical (unpaired) electrons. The minimum atomic E-state index is -3.26. The first-order valence-corrected chi connectivity index (χ1v) is 7.97. The third-order valence-electron chi connectivity index (χ3n) is 3.04. The lowest BCUT2D eigenvalue weighted by Gasteiger charge is -2.38. The Hall–Kier alpha value is 0.260. The zero-order valence-corrected chi connectivity index (χ0v) is 12.3. The van der Waals surface area contributed by atoms with Crippen LogP contribution in [0.2, 0.25) is 0 Å². The molecule has 1 aliphatic carbocycles. The Balaban J connectivity index is 3.00. The first kappa shape index (κ1) is 14.3. The summed E-state index contributed by atoms with van der Waals surface area (Å²) in [6, 6.07) is 0.209. The number of thiol groups is 1. The summed E-state index contributed by atoms with van der Waals surface area (Å²) >= 11 is 4.11. The molecule has 0 bridgehead atoms. The zero-order valence-electron chi connectivity index (χ0n) is 10.6. The third kappa shape index (κ3) is 2.93. The smallest absolute Gasteiger partial charge is 0.211 e. The van der Waals surface area contributed by atoms with Crippen LogP contribution in [0.1, 0.15) is 53.4 Å². The summed E-state index contributed by atoms with van der Waals surface area (Å²) in [7, 11) is -3.26. The van der Waals surface area contributed by atoms with Gasteiger partial charge in [0.05, 0.1) is 0 Å². The van der Waals surface area contributed by atoms with Crippen LogP contribution in [0, 0.1) is 0 Å². The molecular weight excluding hydrogens is 242 g/mol. The molecule has 5 heteroatoms. The predicted octanol–water partition coefficient (Wildman–Crippen LogP) is 2.64. The van der Waals surface area contributed by atoms with Gasteiger partial charge in [0.15, 0.2) is 0 Å². The Morgan fingerprint density at radius 2 is 1.94 bits per heavy atom. The minimum absolute atomic E-state index is 0.209. The van der Waals surface area contributed by atoms with E-state index in [1.54, 1.807) is 11.2 Å². The Morgan fingerprint density at radius 1 is 1.44 bits per heavy atom. The second-order valence-electron chi connectivity index (χ2n) is 5.23.